The molecule has 0 aromatic rings. The van der Waals surface area contributed by atoms with Crippen LogP contribution in [0.25, 0.3) is 0 Å². The van der Waals surface area contributed by atoms with Gasteiger partial charge < -0.3 is 15.3 Å². The SMILES string of the molecule is C=C1/C(=C\C=C2/CCC[C@@]3(C)C2CCC3C(CCCC(C)(C)O)CCCC(C)(C)O)CCC[C@@H]1O. The molecule has 3 aliphatic carbocycles. The van der Waals surface area contributed by atoms with Crippen molar-refractivity contribution in [2.45, 2.75) is 142 Å². The average Bonchev–Trinajstić information content (AvgIpc) is 3.09. The Bertz CT molecular complexity index is 758. The summed E-state index contributed by atoms with van der Waals surface area (Å²) >= 11 is 0. The summed E-state index contributed by atoms with van der Waals surface area (Å²) in [6.45, 7) is 14.4. The fourth-order valence-corrected chi connectivity index (χ4v) is 7.63. The summed E-state index contributed by atoms with van der Waals surface area (Å²) in [5.41, 5.74) is 2.95. The maximum Gasteiger partial charge on any atom is 0.0787 e. The maximum atomic E-state index is 10.3. The highest BCUT2D eigenvalue weighted by atomic mass is 16.3. The number of hydrogen-bond donors (Lipinski definition) is 3. The second-order valence-electron chi connectivity index (χ2n) is 13.6. The van der Waals surface area contributed by atoms with Crippen LogP contribution in [-0.4, -0.2) is 32.6 Å². The van der Waals surface area contributed by atoms with Crippen molar-refractivity contribution >= 4 is 0 Å². The van der Waals surface area contributed by atoms with E-state index in [0.29, 0.717) is 17.3 Å². The Hall–Kier alpha value is -0.900. The van der Waals surface area contributed by atoms with E-state index in [0.717, 1.165) is 56.4 Å². The van der Waals surface area contributed by atoms with Gasteiger partial charge in [-0.25, -0.2) is 0 Å². The minimum atomic E-state index is -0.593. The quantitative estimate of drug-likeness (QED) is 0.297. The maximum absolute atomic E-state index is 10.3. The molecule has 2 unspecified atom stereocenters. The lowest BCUT2D eigenvalue weighted by Gasteiger charge is -2.45. The van der Waals surface area contributed by atoms with Gasteiger partial charge in [0.25, 0.3) is 0 Å². The molecule has 0 saturated heterocycles. The lowest BCUT2D eigenvalue weighted by atomic mass is 9.60. The van der Waals surface area contributed by atoms with Crippen molar-refractivity contribution in [1.29, 1.82) is 0 Å². The van der Waals surface area contributed by atoms with Crippen molar-refractivity contribution in [2.24, 2.45) is 23.2 Å². The van der Waals surface area contributed by atoms with E-state index in [1.165, 1.54) is 50.5 Å². The summed E-state index contributed by atoms with van der Waals surface area (Å²) in [6, 6.07) is 0. The number of aliphatic hydroxyl groups excluding tert-OH is 1. The number of fused-ring (bicyclic) bond motifs is 1. The van der Waals surface area contributed by atoms with Crippen LogP contribution in [0.1, 0.15) is 125 Å². The van der Waals surface area contributed by atoms with Gasteiger partial charge in [-0.1, -0.05) is 56.9 Å². The van der Waals surface area contributed by atoms with Gasteiger partial charge in [0, 0.05) is 0 Å². The van der Waals surface area contributed by atoms with Crippen LogP contribution < -0.4 is 0 Å². The van der Waals surface area contributed by atoms with E-state index in [2.05, 4.69) is 25.7 Å². The molecule has 0 radical (unpaired) electrons. The average molecular weight is 487 g/mol. The summed E-state index contributed by atoms with van der Waals surface area (Å²) in [4.78, 5) is 0. The van der Waals surface area contributed by atoms with Gasteiger partial charge in [-0.05, 0) is 126 Å². The summed E-state index contributed by atoms with van der Waals surface area (Å²) in [5, 5.41) is 30.8. The summed E-state index contributed by atoms with van der Waals surface area (Å²) in [6.07, 6.45) is 19.9. The zero-order valence-electron chi connectivity index (χ0n) is 23.4. The Labute approximate surface area is 215 Å². The van der Waals surface area contributed by atoms with E-state index >= 15 is 0 Å². The zero-order valence-corrected chi connectivity index (χ0v) is 23.4. The highest BCUT2D eigenvalue weighted by Crippen LogP contribution is 2.60. The molecule has 0 amide bonds. The minimum absolute atomic E-state index is 0.347. The second kappa shape index (κ2) is 11.7. The normalized spacial score (nSPS) is 32.6. The van der Waals surface area contributed by atoms with Crippen molar-refractivity contribution in [3.8, 4) is 0 Å². The Morgan fingerprint density at radius 3 is 2.17 bits per heavy atom. The molecule has 0 aromatic heterocycles. The number of hydrogen-bond acceptors (Lipinski definition) is 3. The number of rotatable bonds is 10. The standard InChI is InChI=1S/C32H54O3/c1-23-24(11-7-15-29(23)33)16-17-26-14-10-22-32(6)27(18-19-28(26)32)25(12-8-20-30(2,3)34)13-9-21-31(4,5)35/h16-17,25,27-29,33-35H,1,7-15,18-22H2,2-6H3/b24-16-,26-17+/t27?,28?,29-,32+/m0/s1. The molecule has 3 saturated carbocycles. The van der Waals surface area contributed by atoms with Gasteiger partial charge in [-0.2, -0.15) is 0 Å². The predicted molar refractivity (Wildman–Crippen MR) is 147 cm³/mol. The Morgan fingerprint density at radius 2 is 1.57 bits per heavy atom. The van der Waals surface area contributed by atoms with Gasteiger partial charge in [0.2, 0.25) is 0 Å². The molecule has 35 heavy (non-hydrogen) atoms. The van der Waals surface area contributed by atoms with Gasteiger partial charge in [0.1, 0.15) is 0 Å². The van der Waals surface area contributed by atoms with E-state index < -0.39 is 11.2 Å². The predicted octanol–water partition coefficient (Wildman–Crippen LogP) is 7.66. The van der Waals surface area contributed by atoms with Crippen LogP contribution in [0.3, 0.4) is 0 Å². The van der Waals surface area contributed by atoms with Crippen LogP contribution in [0.15, 0.2) is 35.5 Å². The van der Waals surface area contributed by atoms with Gasteiger partial charge >= 0.3 is 0 Å². The first-order chi connectivity index (χ1) is 16.3. The third-order valence-corrected chi connectivity index (χ3v) is 9.57. The number of aliphatic hydroxyl groups is 3. The van der Waals surface area contributed by atoms with E-state index in [1.807, 2.05) is 27.7 Å². The van der Waals surface area contributed by atoms with E-state index in [-0.39, 0.29) is 6.10 Å². The summed E-state index contributed by atoms with van der Waals surface area (Å²) in [5.74, 6) is 2.05. The van der Waals surface area contributed by atoms with Gasteiger partial charge in [-0.15, -0.1) is 0 Å². The molecule has 3 nitrogen and oxygen atoms in total. The molecule has 3 N–H and O–H groups in total. The fourth-order valence-electron chi connectivity index (χ4n) is 7.63. The molecule has 0 bridgehead atoms. The molecule has 200 valence electrons. The Balaban J connectivity index is 1.75. The lowest BCUT2D eigenvalue weighted by molar-refractivity contribution is 0.0480. The molecule has 4 atom stereocenters. The van der Waals surface area contributed by atoms with Crippen LogP contribution in [0.4, 0.5) is 0 Å². The Kier molecular flexibility index (Phi) is 9.54. The first-order valence-corrected chi connectivity index (χ1v) is 14.5. The first-order valence-electron chi connectivity index (χ1n) is 14.5. The van der Waals surface area contributed by atoms with Crippen molar-refractivity contribution in [1.82, 2.24) is 0 Å². The molecule has 3 aliphatic rings. The summed E-state index contributed by atoms with van der Waals surface area (Å²) in [7, 11) is 0. The third-order valence-electron chi connectivity index (χ3n) is 9.57. The molecular weight excluding hydrogens is 432 g/mol. The van der Waals surface area contributed by atoms with E-state index in [1.54, 1.807) is 5.57 Å². The topological polar surface area (TPSA) is 60.7 Å². The minimum Gasteiger partial charge on any atom is -0.390 e. The van der Waals surface area contributed by atoms with Crippen molar-refractivity contribution < 1.29 is 15.3 Å². The molecule has 3 rings (SSSR count). The van der Waals surface area contributed by atoms with Crippen molar-refractivity contribution in [3.05, 3.63) is 35.5 Å². The van der Waals surface area contributed by atoms with E-state index in [9.17, 15) is 15.3 Å². The van der Waals surface area contributed by atoms with Crippen LogP contribution in [0.2, 0.25) is 0 Å². The van der Waals surface area contributed by atoms with Gasteiger partial charge in [0.15, 0.2) is 0 Å². The van der Waals surface area contributed by atoms with Crippen molar-refractivity contribution in [2.75, 3.05) is 0 Å². The Morgan fingerprint density at radius 1 is 0.943 bits per heavy atom. The fraction of sp³-hybridized carbons (Fsp3) is 0.812. The first kappa shape index (κ1) is 28.7. The molecule has 3 fully saturated rings. The molecular formula is C32H54O3. The van der Waals surface area contributed by atoms with Crippen LogP contribution in [0.5, 0.6) is 0 Å². The van der Waals surface area contributed by atoms with Crippen LogP contribution in [-0.2, 0) is 0 Å². The monoisotopic (exact) mass is 486 g/mol. The van der Waals surface area contributed by atoms with Crippen molar-refractivity contribution in [3.63, 3.8) is 0 Å². The zero-order chi connectivity index (χ0) is 25.9. The highest BCUT2D eigenvalue weighted by Gasteiger charge is 2.51. The van der Waals surface area contributed by atoms with Gasteiger partial charge in [0.05, 0.1) is 17.3 Å². The molecule has 0 spiro atoms. The van der Waals surface area contributed by atoms with E-state index in [4.69, 9.17) is 0 Å². The molecule has 3 heteroatoms. The van der Waals surface area contributed by atoms with Gasteiger partial charge in [-0.3, -0.25) is 0 Å². The number of allylic oxidation sites excluding steroid dienone is 3. The second-order valence-corrected chi connectivity index (χ2v) is 13.6. The molecule has 0 aromatic carbocycles. The summed E-state index contributed by atoms with van der Waals surface area (Å²) < 4.78 is 0. The largest absolute Gasteiger partial charge is 0.390 e. The van der Waals surface area contributed by atoms with Crippen LogP contribution in [0, 0.1) is 23.2 Å². The smallest absolute Gasteiger partial charge is 0.0787 e. The molecule has 0 heterocycles. The third kappa shape index (κ3) is 7.79. The highest BCUT2D eigenvalue weighted by molar-refractivity contribution is 5.37. The molecule has 0 aliphatic heterocycles. The van der Waals surface area contributed by atoms with Crippen LogP contribution >= 0.6 is 0 Å². The lowest BCUT2D eigenvalue weighted by Crippen LogP contribution is -2.37.